The maximum Gasteiger partial charge on any atom is 2.00 e. The summed E-state index contributed by atoms with van der Waals surface area (Å²) in [4.78, 5) is 7.55. The number of aliphatic hydroxyl groups excluding tert-OH is 2. The van der Waals surface area contributed by atoms with Crippen molar-refractivity contribution in [2.24, 2.45) is 0 Å². The third-order valence-electron chi connectivity index (χ3n) is 8.31. The van der Waals surface area contributed by atoms with Crippen molar-refractivity contribution >= 4 is 90.8 Å². The summed E-state index contributed by atoms with van der Waals surface area (Å²) >= 11 is 5.50. The van der Waals surface area contributed by atoms with Gasteiger partial charge in [-0.25, -0.2) is 18.7 Å². The second-order valence-electron chi connectivity index (χ2n) is 12.3. The Bertz CT molecular complexity index is 1330. The van der Waals surface area contributed by atoms with Gasteiger partial charge >= 0.3 is 35.4 Å². The van der Waals surface area contributed by atoms with E-state index in [9.17, 15) is 45.3 Å². The van der Waals surface area contributed by atoms with Gasteiger partial charge < -0.3 is 42.9 Å². The van der Waals surface area contributed by atoms with Crippen LogP contribution in [0.15, 0.2) is 6.20 Å². The maximum atomic E-state index is 13.6. The van der Waals surface area contributed by atoms with Crippen molar-refractivity contribution in [3.05, 3.63) is 35.4 Å². The quantitative estimate of drug-likeness (QED) is 0.202. The molecule has 6 aliphatic carbocycles. The van der Waals surface area contributed by atoms with Gasteiger partial charge in [-0.15, -0.1) is 0 Å². The fraction of sp³-hybridized carbons (Fsp3) is 0.741. The van der Waals surface area contributed by atoms with Crippen molar-refractivity contribution in [2.45, 2.75) is 112 Å². The first-order valence-electron chi connectivity index (χ1n) is 14.0. The molecule has 0 aromatic carbocycles. The van der Waals surface area contributed by atoms with Gasteiger partial charge in [0.15, 0.2) is 0 Å². The van der Waals surface area contributed by atoms with Gasteiger partial charge in [0.25, 0.3) is 0 Å². The van der Waals surface area contributed by atoms with Crippen LogP contribution in [0, 0.1) is 17.5 Å². The number of hydrogen-bond donors (Lipinski definition) is 2. The van der Waals surface area contributed by atoms with Gasteiger partial charge in [-0.1, -0.05) is 0 Å². The summed E-state index contributed by atoms with van der Waals surface area (Å²) in [7, 11) is 0. The molecule has 7 fully saturated rings. The second kappa shape index (κ2) is 15.9. The first-order chi connectivity index (χ1) is 20.6. The van der Waals surface area contributed by atoms with Crippen molar-refractivity contribution in [2.75, 3.05) is 13.2 Å². The van der Waals surface area contributed by atoms with Crippen LogP contribution in [0.25, 0.3) is 0 Å². The molecule has 7 aliphatic rings. The van der Waals surface area contributed by atoms with Gasteiger partial charge in [-0.3, -0.25) is 0 Å². The molecule has 0 spiro atoms. The summed E-state index contributed by atoms with van der Waals surface area (Å²) in [6.07, 6.45) is -7.52. The fourth-order valence-corrected chi connectivity index (χ4v) is 8.38. The zero-order chi connectivity index (χ0) is 33.8. The van der Waals surface area contributed by atoms with E-state index < -0.39 is 58.6 Å². The molecule has 0 amide bonds. The average Bonchev–Trinajstić information content (AvgIpc) is 3.61. The smallest absolute Gasteiger partial charge is 1.00 e. The van der Waals surface area contributed by atoms with Crippen molar-refractivity contribution in [3.8, 4) is 0 Å². The number of ether oxygens (including phenoxy) is 1. The SMILES string of the molecule is C1CCOC1.C[CH-]C.OC(c1nc(I)c(I)n1C12CC(F)(C1)C2)C(F)(F)F.OC(c1nc(I)cn1C12CC(F)(C1)C2)C(F)(F)F.[Cl-].[Mg+2]. The molecule has 1 aliphatic heterocycles. The van der Waals surface area contributed by atoms with Crippen molar-refractivity contribution in [3.63, 3.8) is 0 Å². The van der Waals surface area contributed by atoms with E-state index in [0.717, 1.165) is 13.2 Å². The van der Waals surface area contributed by atoms with Crippen LogP contribution < -0.4 is 12.4 Å². The van der Waals surface area contributed by atoms with Crippen LogP contribution in [0.5, 0.6) is 0 Å². The number of hydrogen-bond acceptors (Lipinski definition) is 5. The number of aromatic nitrogens is 4. The molecule has 6 saturated carbocycles. The summed E-state index contributed by atoms with van der Waals surface area (Å²) in [6, 6.07) is 0. The summed E-state index contributed by atoms with van der Waals surface area (Å²) < 4.78 is 112. The van der Waals surface area contributed by atoms with Crippen LogP contribution in [0.1, 0.15) is 89.1 Å². The summed E-state index contributed by atoms with van der Waals surface area (Å²) in [6.45, 7) is 6.00. The van der Waals surface area contributed by atoms with Crippen LogP contribution >= 0.6 is 67.8 Å². The normalized spacial score (nSPS) is 30.7. The Hall–Kier alpha value is 0.986. The van der Waals surface area contributed by atoms with Crippen molar-refractivity contribution < 1.29 is 62.5 Å². The van der Waals surface area contributed by atoms with Gasteiger partial charge in [0, 0.05) is 57.9 Å². The molecule has 2 atom stereocenters. The Labute approximate surface area is 330 Å². The van der Waals surface area contributed by atoms with Gasteiger partial charge in [-0.05, 0) is 80.6 Å². The Balaban J connectivity index is 0.000000257. The number of nitrogens with zero attached hydrogens (tertiary/aromatic N) is 4. The largest absolute Gasteiger partial charge is 2.00 e. The molecular formula is C27H32ClF8I3MgN4O3. The first kappa shape index (κ1) is 44.1. The molecule has 4 bridgehead atoms. The van der Waals surface area contributed by atoms with E-state index >= 15 is 0 Å². The molecule has 9 rings (SSSR count). The van der Waals surface area contributed by atoms with E-state index in [1.54, 1.807) is 22.6 Å². The van der Waals surface area contributed by atoms with Crippen molar-refractivity contribution in [1.29, 1.82) is 0 Å². The third-order valence-corrected chi connectivity index (χ3v) is 11.6. The van der Waals surface area contributed by atoms with E-state index in [0.29, 0.717) is 11.1 Å². The molecule has 2 unspecified atom stereocenters. The summed E-state index contributed by atoms with van der Waals surface area (Å²) in [5.74, 6) is -0.864. The predicted octanol–water partition coefficient (Wildman–Crippen LogP) is 4.62. The fourth-order valence-electron chi connectivity index (χ4n) is 6.49. The Kier molecular flexibility index (Phi) is 15.0. The molecule has 3 heterocycles. The van der Waals surface area contributed by atoms with Crippen LogP contribution in [0.2, 0.25) is 0 Å². The zero-order valence-corrected chi connectivity index (χ0v) is 33.9. The molecule has 1 saturated heterocycles. The molecule has 47 heavy (non-hydrogen) atoms. The van der Waals surface area contributed by atoms with Gasteiger partial charge in [0.1, 0.15) is 34.1 Å². The maximum absolute atomic E-state index is 13.6. The van der Waals surface area contributed by atoms with Crippen LogP contribution in [0.3, 0.4) is 0 Å². The van der Waals surface area contributed by atoms with Gasteiger partial charge in [0.2, 0.25) is 12.2 Å². The minimum absolute atomic E-state index is 0. The zero-order valence-electron chi connectivity index (χ0n) is 25.2. The molecular weight excluding hydrogens is 1020 g/mol. The molecule has 2 aromatic rings. The number of alkyl halides is 8. The molecule has 20 heteroatoms. The standard InChI is InChI=1S/C10H8F4I2N2O.C10H9F4IN2O.C4H8O.C3H7.ClH.Mg/c11-8-1-9(2-8,3-8)18-6(16)5(15)17-7(18)4(19)10(12,13)14;11-8-2-9(3-8,4-8)17-1-5(15)16-7(17)6(18)10(12,13)14;1-2-4-5-3-1;1-3-2;;/h4,19H,1-3H2;1,6,18H,2-4H2;1-4H2;3H,1-2H3;1H;/q;;;-1;;+2/p-1. The minimum atomic E-state index is -4.77. The van der Waals surface area contributed by atoms with E-state index in [1.807, 2.05) is 65.5 Å². The van der Waals surface area contributed by atoms with Gasteiger partial charge in [-0.2, -0.15) is 40.2 Å². The Morgan fingerprint density at radius 1 is 0.809 bits per heavy atom. The first-order valence-corrected chi connectivity index (χ1v) is 17.3. The van der Waals surface area contributed by atoms with E-state index in [1.165, 1.54) is 28.2 Å². The van der Waals surface area contributed by atoms with E-state index in [-0.39, 0.29) is 74.0 Å². The summed E-state index contributed by atoms with van der Waals surface area (Å²) in [5, 5.41) is 18.7. The number of imidazole rings is 2. The third kappa shape index (κ3) is 9.14. The topological polar surface area (TPSA) is 85.3 Å². The predicted molar refractivity (Wildman–Crippen MR) is 177 cm³/mol. The number of halogens is 12. The van der Waals surface area contributed by atoms with Gasteiger partial charge in [0.05, 0.1) is 11.1 Å². The number of rotatable bonds is 4. The van der Waals surface area contributed by atoms with E-state index in [2.05, 4.69) is 9.97 Å². The molecule has 7 nitrogen and oxygen atoms in total. The Morgan fingerprint density at radius 2 is 1.21 bits per heavy atom. The van der Waals surface area contributed by atoms with Crippen molar-refractivity contribution in [1.82, 2.24) is 19.1 Å². The molecule has 264 valence electrons. The minimum Gasteiger partial charge on any atom is -1.00 e. The molecule has 0 radical (unpaired) electrons. The van der Waals surface area contributed by atoms with E-state index in [4.69, 9.17) is 4.74 Å². The molecule has 2 N–H and O–H groups in total. The number of aliphatic hydroxyl groups is 2. The molecule has 2 aromatic heterocycles. The van der Waals surface area contributed by atoms with Crippen LogP contribution in [0.4, 0.5) is 35.1 Å². The van der Waals surface area contributed by atoms with Crippen LogP contribution in [-0.4, -0.2) is 89.3 Å². The monoisotopic (exact) mass is 1050 g/mol. The summed E-state index contributed by atoms with van der Waals surface area (Å²) in [5.41, 5.74) is -3.66. The Morgan fingerprint density at radius 3 is 1.57 bits per heavy atom. The second-order valence-corrected chi connectivity index (χ2v) is 15.4. The van der Waals surface area contributed by atoms with Crippen LogP contribution in [-0.2, 0) is 15.8 Å². The average molecular weight is 1050 g/mol.